The number of rotatable bonds is 3. The molecule has 2 aromatic rings. The molecular formula is C17H20FN. The van der Waals surface area contributed by atoms with Crippen LogP contribution in [-0.4, -0.2) is 0 Å². The summed E-state index contributed by atoms with van der Waals surface area (Å²) in [6.45, 7) is 8.73. The molecule has 0 aliphatic heterocycles. The minimum atomic E-state index is -0.152. The fourth-order valence-corrected chi connectivity index (χ4v) is 2.48. The Balaban J connectivity index is 2.21. The number of hydrogen-bond donors (Lipinski definition) is 1. The summed E-state index contributed by atoms with van der Waals surface area (Å²) >= 11 is 0. The second kappa shape index (κ2) is 5.43. The van der Waals surface area contributed by atoms with E-state index in [1.54, 1.807) is 6.07 Å². The second-order valence-corrected chi connectivity index (χ2v) is 5.22. The lowest BCUT2D eigenvalue weighted by Gasteiger charge is -2.14. The van der Waals surface area contributed by atoms with Gasteiger partial charge in [0.15, 0.2) is 0 Å². The van der Waals surface area contributed by atoms with Gasteiger partial charge in [-0.05, 0) is 44.9 Å². The maximum absolute atomic E-state index is 13.7. The van der Waals surface area contributed by atoms with Gasteiger partial charge >= 0.3 is 0 Å². The average Bonchev–Trinajstić information content (AvgIpc) is 2.32. The van der Waals surface area contributed by atoms with Gasteiger partial charge < -0.3 is 5.32 Å². The minimum absolute atomic E-state index is 0.152. The predicted octanol–water partition coefficient (Wildman–Crippen LogP) is 4.67. The third-order valence-electron chi connectivity index (χ3n) is 3.33. The second-order valence-electron chi connectivity index (χ2n) is 5.22. The summed E-state index contributed by atoms with van der Waals surface area (Å²) in [4.78, 5) is 0. The van der Waals surface area contributed by atoms with Gasteiger partial charge in [0, 0.05) is 17.8 Å². The lowest BCUT2D eigenvalue weighted by Crippen LogP contribution is -2.05. The van der Waals surface area contributed by atoms with Gasteiger partial charge in [0.05, 0.1) is 0 Å². The van der Waals surface area contributed by atoms with Crippen LogP contribution in [-0.2, 0) is 6.54 Å². The summed E-state index contributed by atoms with van der Waals surface area (Å²) in [6, 6.07) is 9.49. The van der Waals surface area contributed by atoms with Crippen molar-refractivity contribution in [3.63, 3.8) is 0 Å². The van der Waals surface area contributed by atoms with Gasteiger partial charge in [0.2, 0.25) is 0 Å². The first-order chi connectivity index (χ1) is 8.97. The van der Waals surface area contributed by atoms with Crippen molar-refractivity contribution in [3.05, 3.63) is 64.0 Å². The molecule has 0 atom stereocenters. The first-order valence-corrected chi connectivity index (χ1v) is 6.54. The van der Waals surface area contributed by atoms with E-state index in [2.05, 4.69) is 38.2 Å². The van der Waals surface area contributed by atoms with Crippen molar-refractivity contribution in [2.45, 2.75) is 34.2 Å². The number of aryl methyl sites for hydroxylation is 4. The van der Waals surface area contributed by atoms with Crippen LogP contribution in [0.2, 0.25) is 0 Å². The normalized spacial score (nSPS) is 10.6. The molecule has 0 saturated heterocycles. The van der Waals surface area contributed by atoms with E-state index >= 15 is 0 Å². The van der Waals surface area contributed by atoms with Crippen LogP contribution in [0.5, 0.6) is 0 Å². The summed E-state index contributed by atoms with van der Waals surface area (Å²) in [7, 11) is 0. The van der Waals surface area contributed by atoms with Crippen molar-refractivity contribution >= 4 is 5.69 Å². The number of anilines is 1. The molecule has 100 valence electrons. The highest BCUT2D eigenvalue weighted by Crippen LogP contribution is 2.23. The highest BCUT2D eigenvalue weighted by molar-refractivity contribution is 5.58. The van der Waals surface area contributed by atoms with E-state index in [1.165, 1.54) is 22.8 Å². The number of nitrogens with one attached hydrogen (secondary N) is 1. The van der Waals surface area contributed by atoms with E-state index < -0.39 is 0 Å². The quantitative estimate of drug-likeness (QED) is 0.842. The zero-order valence-electron chi connectivity index (χ0n) is 12.0. The maximum atomic E-state index is 13.7. The van der Waals surface area contributed by atoms with E-state index in [9.17, 15) is 4.39 Å². The SMILES string of the molecule is Cc1cc(C)c(NCc2cc(C)ccc2F)c(C)c1. The van der Waals surface area contributed by atoms with Gasteiger partial charge in [-0.1, -0.05) is 35.4 Å². The van der Waals surface area contributed by atoms with Crippen molar-refractivity contribution in [1.29, 1.82) is 0 Å². The molecule has 2 aromatic carbocycles. The Bertz CT molecular complexity index is 579. The molecule has 0 aliphatic rings. The topological polar surface area (TPSA) is 12.0 Å². The molecule has 19 heavy (non-hydrogen) atoms. The molecule has 2 heteroatoms. The lowest BCUT2D eigenvalue weighted by molar-refractivity contribution is 0.612. The zero-order chi connectivity index (χ0) is 14.0. The molecule has 0 amide bonds. The molecule has 0 saturated carbocycles. The molecular weight excluding hydrogens is 237 g/mol. The molecule has 0 spiro atoms. The smallest absolute Gasteiger partial charge is 0.128 e. The average molecular weight is 257 g/mol. The van der Waals surface area contributed by atoms with Gasteiger partial charge in [-0.15, -0.1) is 0 Å². The maximum Gasteiger partial charge on any atom is 0.128 e. The molecule has 0 radical (unpaired) electrons. The Kier molecular flexibility index (Phi) is 3.89. The van der Waals surface area contributed by atoms with Crippen LogP contribution in [0.4, 0.5) is 10.1 Å². The standard InChI is InChI=1S/C17H20FN/c1-11-5-6-16(18)15(9-11)10-19-17-13(3)7-12(2)8-14(17)4/h5-9,19H,10H2,1-4H3. The van der Waals surface area contributed by atoms with Gasteiger partial charge in [-0.25, -0.2) is 4.39 Å². The van der Waals surface area contributed by atoms with Crippen LogP contribution in [0.25, 0.3) is 0 Å². The van der Waals surface area contributed by atoms with Crippen LogP contribution < -0.4 is 5.32 Å². The summed E-state index contributed by atoms with van der Waals surface area (Å²) in [5.41, 5.74) is 6.54. The largest absolute Gasteiger partial charge is 0.380 e. The van der Waals surface area contributed by atoms with E-state index in [1.807, 2.05) is 13.0 Å². The molecule has 0 unspecified atom stereocenters. The molecule has 0 fully saturated rings. The first-order valence-electron chi connectivity index (χ1n) is 6.54. The molecule has 0 aromatic heterocycles. The van der Waals surface area contributed by atoms with Gasteiger partial charge in [-0.3, -0.25) is 0 Å². The van der Waals surface area contributed by atoms with Gasteiger partial charge in [-0.2, -0.15) is 0 Å². The van der Waals surface area contributed by atoms with E-state index in [0.717, 1.165) is 11.3 Å². The predicted molar refractivity (Wildman–Crippen MR) is 79.1 cm³/mol. The third kappa shape index (κ3) is 3.14. The lowest BCUT2D eigenvalue weighted by atomic mass is 10.0. The molecule has 0 bridgehead atoms. The highest BCUT2D eigenvalue weighted by atomic mass is 19.1. The van der Waals surface area contributed by atoms with Gasteiger partial charge in [0.1, 0.15) is 5.82 Å². The fraction of sp³-hybridized carbons (Fsp3) is 0.294. The molecule has 0 heterocycles. The first kappa shape index (κ1) is 13.6. The Morgan fingerprint density at radius 2 is 1.53 bits per heavy atom. The van der Waals surface area contributed by atoms with Crippen molar-refractivity contribution in [3.8, 4) is 0 Å². The molecule has 2 rings (SSSR count). The van der Waals surface area contributed by atoms with Crippen LogP contribution in [0, 0.1) is 33.5 Å². The monoisotopic (exact) mass is 257 g/mol. The molecule has 0 aliphatic carbocycles. The van der Waals surface area contributed by atoms with E-state index in [4.69, 9.17) is 0 Å². The van der Waals surface area contributed by atoms with Crippen LogP contribution >= 0.6 is 0 Å². The highest BCUT2D eigenvalue weighted by Gasteiger charge is 2.06. The Labute approximate surface area is 114 Å². The summed E-state index contributed by atoms with van der Waals surface area (Å²) in [5, 5.41) is 3.35. The Morgan fingerprint density at radius 1 is 0.895 bits per heavy atom. The summed E-state index contributed by atoms with van der Waals surface area (Å²) < 4.78 is 13.7. The van der Waals surface area contributed by atoms with Crippen molar-refractivity contribution < 1.29 is 4.39 Å². The van der Waals surface area contributed by atoms with Gasteiger partial charge in [0.25, 0.3) is 0 Å². The summed E-state index contributed by atoms with van der Waals surface area (Å²) in [6.07, 6.45) is 0. The number of benzene rings is 2. The number of halogens is 1. The minimum Gasteiger partial charge on any atom is -0.380 e. The third-order valence-corrected chi connectivity index (χ3v) is 3.33. The number of hydrogen-bond acceptors (Lipinski definition) is 1. The molecule has 1 N–H and O–H groups in total. The fourth-order valence-electron chi connectivity index (χ4n) is 2.48. The van der Waals surface area contributed by atoms with Crippen LogP contribution in [0.15, 0.2) is 30.3 Å². The Morgan fingerprint density at radius 3 is 2.16 bits per heavy atom. The van der Waals surface area contributed by atoms with Crippen LogP contribution in [0.3, 0.4) is 0 Å². The molecule has 1 nitrogen and oxygen atoms in total. The van der Waals surface area contributed by atoms with Crippen molar-refractivity contribution in [2.75, 3.05) is 5.32 Å². The van der Waals surface area contributed by atoms with E-state index in [-0.39, 0.29) is 5.82 Å². The van der Waals surface area contributed by atoms with Crippen LogP contribution in [0.1, 0.15) is 27.8 Å². The van der Waals surface area contributed by atoms with Crippen molar-refractivity contribution in [1.82, 2.24) is 0 Å². The Hall–Kier alpha value is -1.83. The zero-order valence-corrected chi connectivity index (χ0v) is 12.0. The van der Waals surface area contributed by atoms with E-state index in [0.29, 0.717) is 12.1 Å². The summed E-state index contributed by atoms with van der Waals surface area (Å²) in [5.74, 6) is -0.152. The van der Waals surface area contributed by atoms with Crippen molar-refractivity contribution in [2.24, 2.45) is 0 Å².